The summed E-state index contributed by atoms with van der Waals surface area (Å²) >= 11 is 0. The highest BCUT2D eigenvalue weighted by Gasteiger charge is 2.17. The van der Waals surface area contributed by atoms with Gasteiger partial charge in [0.25, 0.3) is 5.91 Å². The molecule has 1 aliphatic rings. The maximum atomic E-state index is 12.9. The van der Waals surface area contributed by atoms with Gasteiger partial charge in [0.15, 0.2) is 0 Å². The number of ether oxygens (including phenoxy) is 1. The number of carbonyl (C=O) groups is 1. The summed E-state index contributed by atoms with van der Waals surface area (Å²) in [6, 6.07) is 14.8. The fourth-order valence-corrected chi connectivity index (χ4v) is 3.81. The Morgan fingerprint density at radius 2 is 1.91 bits per heavy atom. The molecule has 0 spiro atoms. The monoisotopic (exact) mass is 449 g/mol. The van der Waals surface area contributed by atoms with Gasteiger partial charge in [0.1, 0.15) is 5.75 Å². The van der Waals surface area contributed by atoms with Crippen molar-refractivity contribution in [1.29, 1.82) is 0 Å². The number of carbonyl (C=O) groups excluding carboxylic acids is 1. The highest BCUT2D eigenvalue weighted by molar-refractivity contribution is 5.97. The van der Waals surface area contributed by atoms with E-state index in [1.54, 1.807) is 12.1 Å². The van der Waals surface area contributed by atoms with E-state index in [-0.39, 0.29) is 17.8 Å². The highest BCUT2D eigenvalue weighted by atomic mass is 16.5. The molecule has 2 heterocycles. The first-order chi connectivity index (χ1) is 16.0. The lowest BCUT2D eigenvalue weighted by Gasteiger charge is -2.14. The van der Waals surface area contributed by atoms with Crippen molar-refractivity contribution in [2.24, 2.45) is 0 Å². The molecule has 3 N–H and O–H groups in total. The van der Waals surface area contributed by atoms with Gasteiger partial charge in [0.2, 0.25) is 11.9 Å². The van der Waals surface area contributed by atoms with E-state index >= 15 is 0 Å². The smallest absolute Gasteiger partial charge is 0.281 e. The van der Waals surface area contributed by atoms with E-state index < -0.39 is 0 Å². The van der Waals surface area contributed by atoms with Gasteiger partial charge in [-0.25, -0.2) is 0 Å². The molecule has 33 heavy (non-hydrogen) atoms. The fourth-order valence-electron chi connectivity index (χ4n) is 3.81. The third-order valence-corrected chi connectivity index (χ3v) is 5.63. The number of hydrogen-bond donors (Lipinski definition) is 2. The van der Waals surface area contributed by atoms with Crippen LogP contribution in [0.1, 0.15) is 29.6 Å². The van der Waals surface area contributed by atoms with E-state index in [2.05, 4.69) is 20.3 Å². The number of likely N-dealkylation sites (tertiary alicyclic amines) is 1. The van der Waals surface area contributed by atoms with Crippen molar-refractivity contribution in [3.05, 3.63) is 54.1 Å². The average molecular weight is 450 g/mol. The van der Waals surface area contributed by atoms with Crippen LogP contribution >= 0.6 is 0 Å². The zero-order chi connectivity index (χ0) is 23.2. The van der Waals surface area contributed by atoms with E-state index in [0.29, 0.717) is 12.2 Å². The van der Waals surface area contributed by atoms with E-state index in [4.69, 9.17) is 10.5 Å². The summed E-state index contributed by atoms with van der Waals surface area (Å²) in [5, 5.41) is 7.33. The lowest BCUT2D eigenvalue weighted by atomic mass is 10.2. The van der Waals surface area contributed by atoms with Crippen molar-refractivity contribution in [2.45, 2.75) is 19.3 Å². The molecule has 0 amide bonds. The van der Waals surface area contributed by atoms with Crippen molar-refractivity contribution in [2.75, 3.05) is 56.3 Å². The third kappa shape index (κ3) is 5.81. The molecule has 0 unspecified atom stereocenters. The van der Waals surface area contributed by atoms with Gasteiger partial charge in [-0.3, -0.25) is 4.79 Å². The number of aromatic nitrogens is 3. The highest BCUT2D eigenvalue weighted by Crippen LogP contribution is 2.20. The number of nitrogen functional groups attached to an aromatic ring is 1. The summed E-state index contributed by atoms with van der Waals surface area (Å²) in [5.74, 6) is 0.755. The molecule has 1 saturated heterocycles. The van der Waals surface area contributed by atoms with Crippen LogP contribution in [0.5, 0.6) is 5.75 Å². The molecule has 174 valence electrons. The second kappa shape index (κ2) is 10.4. The number of rotatable bonds is 9. The molecular formula is C24H31N7O2. The molecule has 0 saturated carbocycles. The van der Waals surface area contributed by atoms with Crippen LogP contribution in [0.25, 0.3) is 0 Å². The third-order valence-electron chi connectivity index (χ3n) is 5.63. The number of anilines is 4. The minimum Gasteiger partial charge on any atom is -0.494 e. The molecule has 1 aliphatic heterocycles. The van der Waals surface area contributed by atoms with Crippen LogP contribution in [-0.2, 0) is 0 Å². The first-order valence-corrected chi connectivity index (χ1v) is 11.3. The van der Waals surface area contributed by atoms with Gasteiger partial charge in [-0.1, -0.05) is 6.07 Å². The summed E-state index contributed by atoms with van der Waals surface area (Å²) in [5.41, 5.74) is 8.13. The second-order valence-electron chi connectivity index (χ2n) is 8.36. The largest absolute Gasteiger partial charge is 0.494 e. The van der Waals surface area contributed by atoms with Gasteiger partial charge in [0, 0.05) is 37.6 Å². The van der Waals surface area contributed by atoms with Crippen LogP contribution in [0.15, 0.2) is 48.5 Å². The first-order valence-electron chi connectivity index (χ1n) is 11.3. The van der Waals surface area contributed by atoms with Gasteiger partial charge in [0.05, 0.1) is 6.61 Å². The Hall–Kier alpha value is -3.59. The maximum absolute atomic E-state index is 12.9. The summed E-state index contributed by atoms with van der Waals surface area (Å²) in [6.45, 7) is 4.21. The van der Waals surface area contributed by atoms with Crippen molar-refractivity contribution < 1.29 is 9.53 Å². The van der Waals surface area contributed by atoms with Gasteiger partial charge < -0.3 is 25.6 Å². The molecule has 1 aromatic heterocycles. The molecular weight excluding hydrogens is 418 g/mol. The van der Waals surface area contributed by atoms with E-state index in [1.165, 1.54) is 25.9 Å². The summed E-state index contributed by atoms with van der Waals surface area (Å²) in [4.78, 5) is 21.5. The standard InChI is InChI=1S/C24H31N7O2/c1-29(2)20-8-5-7-18(17-20)22(32)31-23(25)27-24(28-31)26-19-9-11-21(12-10-19)33-16-6-15-30-13-3-4-14-30/h5,7-12,17H,3-4,6,13-16H2,1-2H3,(H3,25,26,27,28). The molecule has 4 rings (SSSR count). The Bertz CT molecular complexity index is 1070. The molecule has 9 heteroatoms. The first kappa shape index (κ1) is 22.6. The van der Waals surface area contributed by atoms with Crippen LogP contribution in [-0.4, -0.2) is 65.9 Å². The summed E-state index contributed by atoms with van der Waals surface area (Å²) < 4.78 is 6.95. The zero-order valence-electron chi connectivity index (χ0n) is 19.2. The van der Waals surface area contributed by atoms with E-state index in [0.717, 1.165) is 34.8 Å². The van der Waals surface area contributed by atoms with Crippen molar-refractivity contribution >= 4 is 29.2 Å². The summed E-state index contributed by atoms with van der Waals surface area (Å²) in [7, 11) is 3.83. The molecule has 0 aliphatic carbocycles. The predicted octanol–water partition coefficient (Wildman–Crippen LogP) is 3.22. The Kier molecular flexibility index (Phi) is 7.09. The molecule has 0 bridgehead atoms. The van der Waals surface area contributed by atoms with E-state index in [9.17, 15) is 4.79 Å². The molecule has 3 aromatic rings. The second-order valence-corrected chi connectivity index (χ2v) is 8.36. The topological polar surface area (TPSA) is 102 Å². The van der Waals surface area contributed by atoms with Crippen molar-refractivity contribution in [3.8, 4) is 5.75 Å². The zero-order valence-corrected chi connectivity index (χ0v) is 19.2. The Morgan fingerprint density at radius 1 is 1.15 bits per heavy atom. The fraction of sp³-hybridized carbons (Fsp3) is 0.375. The number of nitrogens with zero attached hydrogens (tertiary/aromatic N) is 5. The van der Waals surface area contributed by atoms with E-state index in [1.807, 2.05) is 55.4 Å². The number of benzene rings is 2. The Morgan fingerprint density at radius 3 is 2.64 bits per heavy atom. The molecule has 0 atom stereocenters. The predicted molar refractivity (Wildman–Crippen MR) is 130 cm³/mol. The molecule has 0 radical (unpaired) electrons. The maximum Gasteiger partial charge on any atom is 0.281 e. The SMILES string of the molecule is CN(C)c1cccc(C(=O)n2nc(Nc3ccc(OCCCN4CCCC4)cc3)nc2N)c1. The van der Waals surface area contributed by atoms with Crippen LogP contribution in [0.2, 0.25) is 0 Å². The minimum atomic E-state index is -0.338. The van der Waals surface area contributed by atoms with Crippen LogP contribution in [0.4, 0.5) is 23.3 Å². The Balaban J connectivity index is 1.33. The number of nitrogens with two attached hydrogens (primary N) is 1. The van der Waals surface area contributed by atoms with Crippen molar-refractivity contribution in [1.82, 2.24) is 19.7 Å². The van der Waals surface area contributed by atoms with Crippen LogP contribution < -0.4 is 20.7 Å². The van der Waals surface area contributed by atoms with Gasteiger partial charge >= 0.3 is 0 Å². The lowest BCUT2D eigenvalue weighted by Crippen LogP contribution is -2.21. The quantitative estimate of drug-likeness (QED) is 0.480. The molecule has 9 nitrogen and oxygen atoms in total. The number of hydrogen-bond acceptors (Lipinski definition) is 8. The Labute approximate surface area is 194 Å². The summed E-state index contributed by atoms with van der Waals surface area (Å²) in [6.07, 6.45) is 3.64. The van der Waals surface area contributed by atoms with Crippen molar-refractivity contribution in [3.63, 3.8) is 0 Å². The number of nitrogens with one attached hydrogen (secondary N) is 1. The van der Waals surface area contributed by atoms with Gasteiger partial charge in [-0.2, -0.15) is 9.67 Å². The van der Waals surface area contributed by atoms with Gasteiger partial charge in [-0.05, 0) is 74.8 Å². The van der Waals surface area contributed by atoms with Gasteiger partial charge in [-0.15, -0.1) is 5.10 Å². The normalized spacial score (nSPS) is 13.8. The average Bonchev–Trinajstić information content (AvgIpc) is 3.47. The minimum absolute atomic E-state index is 0.0238. The molecule has 1 fully saturated rings. The van der Waals surface area contributed by atoms with Crippen LogP contribution in [0.3, 0.4) is 0 Å². The van der Waals surface area contributed by atoms with Crippen LogP contribution in [0, 0.1) is 0 Å². The molecule has 2 aromatic carbocycles. The lowest BCUT2D eigenvalue weighted by molar-refractivity contribution is 0.0948.